The van der Waals surface area contributed by atoms with Crippen molar-refractivity contribution in [3.63, 3.8) is 0 Å². The average molecular weight is 388 g/mol. The third kappa shape index (κ3) is 2.91. The first-order chi connectivity index (χ1) is 12.8. The smallest absolute Gasteiger partial charge is 0.137 e. The number of methoxy groups -OCH3 is 1. The molecule has 2 heterocycles. The second-order valence-corrected chi connectivity index (χ2v) is 8.30. The van der Waals surface area contributed by atoms with E-state index >= 15 is 0 Å². The van der Waals surface area contributed by atoms with Crippen molar-refractivity contribution in [2.24, 2.45) is 0 Å². The van der Waals surface area contributed by atoms with Gasteiger partial charge >= 0.3 is 0 Å². The Kier molecular flexibility index (Phi) is 4.61. The summed E-state index contributed by atoms with van der Waals surface area (Å²) in [5, 5.41) is 22.1. The van der Waals surface area contributed by atoms with Crippen LogP contribution in [-0.4, -0.2) is 34.3 Å². The number of halogens is 1. The van der Waals surface area contributed by atoms with Crippen LogP contribution < -0.4 is 4.74 Å². The Balaban J connectivity index is 1.64. The quantitative estimate of drug-likeness (QED) is 0.821. The van der Waals surface area contributed by atoms with Crippen LogP contribution in [0.3, 0.4) is 0 Å². The molecule has 2 aromatic rings. The number of ether oxygens (including phenoxy) is 1. The molecule has 27 heavy (non-hydrogen) atoms. The lowest BCUT2D eigenvalue weighted by molar-refractivity contribution is -0.00427. The third-order valence-electron chi connectivity index (χ3n) is 6.62. The molecule has 5 heteroatoms. The summed E-state index contributed by atoms with van der Waals surface area (Å²) >= 11 is 6.17. The molecule has 3 atom stereocenters. The molecule has 2 fully saturated rings. The van der Waals surface area contributed by atoms with E-state index in [1.807, 2.05) is 25.1 Å². The Bertz CT molecular complexity index is 884. The molecule has 0 amide bonds. The topological polar surface area (TPSA) is 52.9 Å². The minimum absolute atomic E-state index is 0.0712. The normalized spacial score (nSPS) is 27.3. The van der Waals surface area contributed by atoms with Gasteiger partial charge in [-0.15, -0.1) is 0 Å². The Hall–Kier alpha value is -1.75. The Morgan fingerprint density at radius 1 is 1.19 bits per heavy atom. The number of benzene rings is 2. The zero-order chi connectivity index (χ0) is 19.3. The van der Waals surface area contributed by atoms with Crippen LogP contribution in [0.2, 0.25) is 5.02 Å². The highest BCUT2D eigenvalue weighted by Crippen LogP contribution is 2.51. The van der Waals surface area contributed by atoms with Gasteiger partial charge in [-0.25, -0.2) is 0 Å². The molecule has 2 aromatic carbocycles. The Labute approximate surface area is 165 Å². The van der Waals surface area contributed by atoms with Gasteiger partial charge in [0.1, 0.15) is 17.1 Å². The standard InChI is InChI=1S/C22H26ClNO3/c1-13-14(2)19(25)8-4-15(13)12-24-17-6-9-21(24)22(26,11-17)16-5-7-18(23)20(10-16)27-3/h4-5,7-8,10,17,21,25-26H,6,9,11-12H2,1-3H3. The van der Waals surface area contributed by atoms with Crippen LogP contribution in [-0.2, 0) is 12.1 Å². The summed E-state index contributed by atoms with van der Waals surface area (Å²) in [6, 6.07) is 9.79. The summed E-state index contributed by atoms with van der Waals surface area (Å²) in [7, 11) is 1.60. The Morgan fingerprint density at radius 2 is 1.96 bits per heavy atom. The SMILES string of the molecule is COc1cc(C2(O)CC3CCC2N3Cc2ccc(O)c(C)c2C)ccc1Cl. The summed E-state index contributed by atoms with van der Waals surface area (Å²) in [5.74, 6) is 0.937. The molecule has 0 aliphatic carbocycles. The van der Waals surface area contributed by atoms with Gasteiger partial charge in [0.15, 0.2) is 0 Å². The number of aromatic hydroxyl groups is 1. The van der Waals surface area contributed by atoms with Crippen molar-refractivity contribution in [1.29, 1.82) is 0 Å². The molecule has 144 valence electrons. The fraction of sp³-hybridized carbons (Fsp3) is 0.455. The first-order valence-electron chi connectivity index (χ1n) is 9.45. The summed E-state index contributed by atoms with van der Waals surface area (Å²) in [6.45, 7) is 4.79. The van der Waals surface area contributed by atoms with Gasteiger partial charge < -0.3 is 14.9 Å². The van der Waals surface area contributed by atoms with E-state index in [-0.39, 0.29) is 6.04 Å². The van der Waals surface area contributed by atoms with Crippen LogP contribution in [0.5, 0.6) is 11.5 Å². The van der Waals surface area contributed by atoms with Crippen LogP contribution in [0, 0.1) is 13.8 Å². The van der Waals surface area contributed by atoms with E-state index in [2.05, 4.69) is 11.8 Å². The monoisotopic (exact) mass is 387 g/mol. The van der Waals surface area contributed by atoms with Crippen molar-refractivity contribution in [3.8, 4) is 11.5 Å². The van der Waals surface area contributed by atoms with Gasteiger partial charge in [0.05, 0.1) is 12.1 Å². The summed E-state index contributed by atoms with van der Waals surface area (Å²) < 4.78 is 5.35. The van der Waals surface area contributed by atoms with Crippen LogP contribution in [0.15, 0.2) is 30.3 Å². The average Bonchev–Trinajstić information content (AvgIpc) is 3.16. The summed E-state index contributed by atoms with van der Waals surface area (Å²) in [4.78, 5) is 2.43. The molecule has 2 aliphatic heterocycles. The number of rotatable bonds is 4. The minimum atomic E-state index is -0.888. The lowest BCUT2D eigenvalue weighted by Crippen LogP contribution is -2.40. The highest BCUT2D eigenvalue weighted by atomic mass is 35.5. The number of phenolic OH excluding ortho intramolecular Hbond substituents is 1. The molecular weight excluding hydrogens is 362 g/mol. The Morgan fingerprint density at radius 3 is 2.70 bits per heavy atom. The van der Waals surface area contributed by atoms with Crippen LogP contribution in [0.4, 0.5) is 0 Å². The molecule has 2 aliphatic rings. The fourth-order valence-corrected chi connectivity index (χ4v) is 5.07. The van der Waals surface area contributed by atoms with Crippen molar-refractivity contribution in [2.45, 2.75) is 57.3 Å². The molecule has 0 spiro atoms. The van der Waals surface area contributed by atoms with Crippen molar-refractivity contribution >= 4 is 11.6 Å². The predicted octanol–water partition coefficient (Wildman–Crippen LogP) is 4.30. The van der Waals surface area contributed by atoms with Crippen molar-refractivity contribution in [2.75, 3.05) is 7.11 Å². The van der Waals surface area contributed by atoms with Crippen molar-refractivity contribution in [1.82, 2.24) is 4.90 Å². The number of phenols is 1. The lowest BCUT2D eigenvalue weighted by Gasteiger charge is -2.33. The highest BCUT2D eigenvalue weighted by Gasteiger charge is 2.55. The van der Waals surface area contributed by atoms with Gasteiger partial charge in [0.25, 0.3) is 0 Å². The van der Waals surface area contributed by atoms with Crippen LogP contribution in [0.1, 0.15) is 41.5 Å². The molecule has 2 N–H and O–H groups in total. The zero-order valence-electron chi connectivity index (χ0n) is 16.0. The summed E-state index contributed by atoms with van der Waals surface area (Å²) in [6.07, 6.45) is 2.80. The molecule has 0 radical (unpaired) electrons. The van der Waals surface area contributed by atoms with E-state index in [4.69, 9.17) is 16.3 Å². The molecule has 2 saturated heterocycles. The van der Waals surface area contributed by atoms with Gasteiger partial charge in [-0.3, -0.25) is 4.90 Å². The van der Waals surface area contributed by atoms with Crippen LogP contribution >= 0.6 is 11.6 Å². The molecule has 4 rings (SSSR count). The van der Waals surface area contributed by atoms with E-state index in [1.165, 1.54) is 5.56 Å². The maximum atomic E-state index is 11.6. The molecule has 0 aromatic heterocycles. The fourth-order valence-electron chi connectivity index (χ4n) is 4.87. The number of nitrogens with zero attached hydrogens (tertiary/aromatic N) is 1. The van der Waals surface area contributed by atoms with E-state index in [0.717, 1.165) is 42.5 Å². The van der Waals surface area contributed by atoms with E-state index in [9.17, 15) is 10.2 Å². The largest absolute Gasteiger partial charge is 0.508 e. The van der Waals surface area contributed by atoms with Crippen LogP contribution in [0.25, 0.3) is 0 Å². The molecule has 4 nitrogen and oxygen atoms in total. The highest BCUT2D eigenvalue weighted by molar-refractivity contribution is 6.32. The molecular formula is C22H26ClNO3. The van der Waals surface area contributed by atoms with E-state index in [1.54, 1.807) is 19.2 Å². The number of hydrogen-bond acceptors (Lipinski definition) is 4. The number of hydrogen-bond donors (Lipinski definition) is 2. The van der Waals surface area contributed by atoms with Gasteiger partial charge in [-0.05, 0) is 73.6 Å². The van der Waals surface area contributed by atoms with Gasteiger partial charge in [-0.2, -0.15) is 0 Å². The zero-order valence-corrected chi connectivity index (χ0v) is 16.8. The second-order valence-electron chi connectivity index (χ2n) is 7.89. The molecule has 0 saturated carbocycles. The molecule has 3 unspecified atom stereocenters. The maximum Gasteiger partial charge on any atom is 0.137 e. The minimum Gasteiger partial charge on any atom is -0.508 e. The predicted molar refractivity (Wildman–Crippen MR) is 106 cm³/mol. The first kappa shape index (κ1) is 18.6. The van der Waals surface area contributed by atoms with E-state index < -0.39 is 5.60 Å². The van der Waals surface area contributed by atoms with Gasteiger partial charge in [-0.1, -0.05) is 23.7 Å². The second kappa shape index (κ2) is 6.69. The summed E-state index contributed by atoms with van der Waals surface area (Å²) in [5.41, 5.74) is 3.25. The number of fused-ring (bicyclic) bond motifs is 2. The van der Waals surface area contributed by atoms with Gasteiger partial charge in [0, 0.05) is 18.6 Å². The van der Waals surface area contributed by atoms with Gasteiger partial charge in [0.2, 0.25) is 0 Å². The molecule has 2 bridgehead atoms. The lowest BCUT2D eigenvalue weighted by atomic mass is 9.79. The third-order valence-corrected chi connectivity index (χ3v) is 6.93. The van der Waals surface area contributed by atoms with Crippen molar-refractivity contribution in [3.05, 3.63) is 57.6 Å². The maximum absolute atomic E-state index is 11.6. The van der Waals surface area contributed by atoms with E-state index in [0.29, 0.717) is 22.6 Å². The first-order valence-corrected chi connectivity index (χ1v) is 9.83. The number of aliphatic hydroxyl groups is 1. The van der Waals surface area contributed by atoms with Crippen molar-refractivity contribution < 1.29 is 14.9 Å².